The van der Waals surface area contributed by atoms with Crippen molar-refractivity contribution in [2.75, 3.05) is 0 Å². The minimum absolute atomic E-state index is 0. The van der Waals surface area contributed by atoms with Gasteiger partial charge in [0, 0.05) is 0 Å². The number of hydrogen-bond donors (Lipinski definition) is 0. The summed E-state index contributed by atoms with van der Waals surface area (Å²) in [5.41, 5.74) is 1.95. The molecule has 142 valence electrons. The van der Waals surface area contributed by atoms with E-state index in [1.165, 1.54) is 21.5 Å². The van der Waals surface area contributed by atoms with Crippen LogP contribution in [0, 0.1) is 11.3 Å². The van der Waals surface area contributed by atoms with E-state index in [9.17, 15) is 0 Å². The van der Waals surface area contributed by atoms with Gasteiger partial charge in [-0.1, -0.05) is 66.7 Å². The van der Waals surface area contributed by atoms with Crippen LogP contribution in [0.4, 0.5) is 0 Å². The Labute approximate surface area is 183 Å². The third-order valence-corrected chi connectivity index (χ3v) is 9.47. The van der Waals surface area contributed by atoms with Gasteiger partial charge in [-0.2, -0.15) is 5.26 Å². The van der Waals surface area contributed by atoms with Crippen LogP contribution in [-0.2, 0) is 6.16 Å². The predicted octanol–water partition coefficient (Wildman–Crippen LogP) is 2.06. The number of benzene rings is 4. The number of halogens is 1. The summed E-state index contributed by atoms with van der Waals surface area (Å²) in [6.07, 6.45) is 0.927. The van der Waals surface area contributed by atoms with Crippen molar-refractivity contribution in [2.24, 2.45) is 0 Å². The van der Waals surface area contributed by atoms with E-state index in [4.69, 9.17) is 5.26 Å². The van der Waals surface area contributed by atoms with Crippen LogP contribution >= 0.6 is 7.26 Å². The minimum Gasteiger partial charge on any atom is -1.00 e. The molecule has 0 bridgehead atoms. The van der Waals surface area contributed by atoms with E-state index < -0.39 is 7.26 Å². The first kappa shape index (κ1) is 21.0. The van der Waals surface area contributed by atoms with E-state index in [0.717, 1.165) is 6.16 Å². The van der Waals surface area contributed by atoms with Crippen molar-refractivity contribution in [3.05, 3.63) is 126 Å². The second kappa shape index (κ2) is 9.66. The summed E-state index contributed by atoms with van der Waals surface area (Å²) < 4.78 is 0. The molecule has 0 N–H and O–H groups in total. The molecule has 0 amide bonds. The van der Waals surface area contributed by atoms with Gasteiger partial charge in [-0.05, 0) is 54.1 Å². The quantitative estimate of drug-likeness (QED) is 0.420. The van der Waals surface area contributed by atoms with E-state index in [-0.39, 0.29) is 17.0 Å². The molecule has 0 fully saturated rings. The van der Waals surface area contributed by atoms with E-state index in [1.54, 1.807) is 0 Å². The molecule has 0 aliphatic heterocycles. The van der Waals surface area contributed by atoms with Gasteiger partial charge in [0.15, 0.2) is 0 Å². The van der Waals surface area contributed by atoms with Crippen molar-refractivity contribution in [3.63, 3.8) is 0 Å². The van der Waals surface area contributed by atoms with Gasteiger partial charge in [0.1, 0.15) is 23.2 Å². The fraction of sp³-hybridized carbons (Fsp3) is 0.0385. The third kappa shape index (κ3) is 4.33. The van der Waals surface area contributed by atoms with E-state index >= 15 is 0 Å². The molecule has 0 unspecified atom stereocenters. The lowest BCUT2D eigenvalue weighted by atomic mass is 10.2. The zero-order chi connectivity index (χ0) is 19.2. The highest BCUT2D eigenvalue weighted by Gasteiger charge is 2.45. The van der Waals surface area contributed by atoms with Crippen LogP contribution in [0.2, 0.25) is 0 Å². The number of rotatable bonds is 5. The lowest BCUT2D eigenvalue weighted by molar-refractivity contribution is -0.00000566. The molecule has 0 heterocycles. The van der Waals surface area contributed by atoms with Crippen molar-refractivity contribution in [2.45, 2.75) is 6.16 Å². The Balaban J connectivity index is 0.00000240. The molecule has 0 saturated heterocycles. The topological polar surface area (TPSA) is 23.8 Å². The van der Waals surface area contributed by atoms with Crippen LogP contribution in [0.25, 0.3) is 0 Å². The highest BCUT2D eigenvalue weighted by molar-refractivity contribution is 7.95. The van der Waals surface area contributed by atoms with Crippen molar-refractivity contribution in [1.82, 2.24) is 0 Å². The molecule has 0 saturated carbocycles. The molecule has 1 nitrogen and oxygen atoms in total. The molecule has 0 aliphatic carbocycles. The maximum atomic E-state index is 9.15. The minimum atomic E-state index is -1.88. The lowest BCUT2D eigenvalue weighted by Gasteiger charge is -2.27. The molecule has 4 aromatic rings. The van der Waals surface area contributed by atoms with Crippen molar-refractivity contribution in [1.29, 1.82) is 5.26 Å². The van der Waals surface area contributed by atoms with Gasteiger partial charge >= 0.3 is 0 Å². The number of nitriles is 1. The fourth-order valence-electron chi connectivity index (χ4n) is 3.73. The largest absolute Gasteiger partial charge is 1.00 e. The zero-order valence-electron chi connectivity index (χ0n) is 15.9. The van der Waals surface area contributed by atoms with Crippen molar-refractivity contribution >= 4 is 23.2 Å². The van der Waals surface area contributed by atoms with E-state index in [2.05, 4.69) is 109 Å². The first-order chi connectivity index (χ1) is 13.8. The predicted molar refractivity (Wildman–Crippen MR) is 120 cm³/mol. The van der Waals surface area contributed by atoms with Crippen LogP contribution in [0.15, 0.2) is 115 Å². The third-order valence-electron chi connectivity index (χ3n) is 5.09. The van der Waals surface area contributed by atoms with Crippen LogP contribution in [0.1, 0.15) is 11.1 Å². The molecule has 29 heavy (non-hydrogen) atoms. The monoisotopic (exact) mass is 457 g/mol. The van der Waals surface area contributed by atoms with E-state index in [1.807, 2.05) is 12.1 Å². The molecular weight excluding hydrogens is 437 g/mol. The van der Waals surface area contributed by atoms with Crippen LogP contribution in [-0.4, -0.2) is 0 Å². The van der Waals surface area contributed by atoms with Crippen LogP contribution in [0.3, 0.4) is 0 Å². The normalized spacial score (nSPS) is 10.6. The molecule has 3 heteroatoms. The highest BCUT2D eigenvalue weighted by atomic mass is 79.9. The molecular formula is C26H21BrNP. The SMILES string of the molecule is N#Cc1ccc(C[P+](c2ccccc2)(c2ccccc2)c2ccccc2)cc1.[Br-]. The second-order valence-electron chi connectivity index (χ2n) is 6.78. The molecule has 0 aromatic heterocycles. The molecule has 4 aromatic carbocycles. The second-order valence-corrected chi connectivity index (χ2v) is 10.3. The standard InChI is InChI=1S/C26H21NP.BrH/c27-20-22-16-18-23(19-17-22)21-28(24-10-4-1-5-11-24,25-12-6-2-7-13-25)26-14-8-3-9-15-26;/h1-19H,21H2;1H/q+1;/p-1. The molecule has 0 atom stereocenters. The number of hydrogen-bond acceptors (Lipinski definition) is 1. The summed E-state index contributed by atoms with van der Waals surface area (Å²) in [5.74, 6) is 0. The number of nitrogens with zero attached hydrogens (tertiary/aromatic N) is 1. The summed E-state index contributed by atoms with van der Waals surface area (Å²) in [6, 6.07) is 42.9. The average Bonchev–Trinajstić information content (AvgIpc) is 2.80. The van der Waals surface area contributed by atoms with Crippen molar-refractivity contribution in [3.8, 4) is 6.07 Å². The first-order valence-corrected chi connectivity index (χ1v) is 11.3. The molecule has 0 spiro atoms. The molecule has 0 radical (unpaired) electrons. The fourth-order valence-corrected chi connectivity index (χ4v) is 7.97. The Morgan fingerprint density at radius 1 is 0.552 bits per heavy atom. The van der Waals surface area contributed by atoms with Gasteiger partial charge in [0.05, 0.1) is 17.8 Å². The van der Waals surface area contributed by atoms with Crippen molar-refractivity contribution < 1.29 is 17.0 Å². The van der Waals surface area contributed by atoms with Crippen LogP contribution < -0.4 is 32.9 Å². The summed E-state index contributed by atoms with van der Waals surface area (Å²) in [7, 11) is -1.88. The Morgan fingerprint density at radius 2 is 0.931 bits per heavy atom. The van der Waals surface area contributed by atoms with Crippen LogP contribution in [0.5, 0.6) is 0 Å². The average molecular weight is 458 g/mol. The van der Waals surface area contributed by atoms with Gasteiger partial charge in [0.25, 0.3) is 0 Å². The summed E-state index contributed by atoms with van der Waals surface area (Å²) in [4.78, 5) is 0. The maximum absolute atomic E-state index is 9.15. The Hall–Kier alpha value is -2.72. The van der Waals surface area contributed by atoms with Gasteiger partial charge in [-0.15, -0.1) is 0 Å². The highest BCUT2D eigenvalue weighted by Crippen LogP contribution is 2.58. The maximum Gasteiger partial charge on any atom is 0.116 e. The Morgan fingerprint density at radius 3 is 1.28 bits per heavy atom. The smallest absolute Gasteiger partial charge is 0.116 e. The molecule has 0 aliphatic rings. The van der Waals surface area contributed by atoms with Gasteiger partial charge in [-0.3, -0.25) is 0 Å². The Bertz CT molecular complexity index is 976. The lowest BCUT2D eigenvalue weighted by Crippen LogP contribution is -3.00. The van der Waals surface area contributed by atoms with Gasteiger partial charge < -0.3 is 17.0 Å². The Kier molecular flexibility index (Phi) is 6.99. The first-order valence-electron chi connectivity index (χ1n) is 9.37. The summed E-state index contributed by atoms with van der Waals surface area (Å²) in [5, 5.41) is 13.3. The molecule has 4 rings (SSSR count). The zero-order valence-corrected chi connectivity index (χ0v) is 18.4. The van der Waals surface area contributed by atoms with Gasteiger partial charge in [-0.25, -0.2) is 0 Å². The van der Waals surface area contributed by atoms with Gasteiger partial charge in [0.2, 0.25) is 0 Å². The van der Waals surface area contributed by atoms with E-state index in [0.29, 0.717) is 5.56 Å². The summed E-state index contributed by atoms with van der Waals surface area (Å²) in [6.45, 7) is 0. The summed E-state index contributed by atoms with van der Waals surface area (Å²) >= 11 is 0.